The Morgan fingerprint density at radius 3 is 2.71 bits per heavy atom. The van der Waals surface area contributed by atoms with E-state index in [2.05, 4.69) is 39.3 Å². The van der Waals surface area contributed by atoms with Crippen molar-refractivity contribution in [1.82, 2.24) is 25.3 Å². The first-order valence-corrected chi connectivity index (χ1v) is 11.7. The molecule has 3 heterocycles. The van der Waals surface area contributed by atoms with E-state index in [1.807, 2.05) is 50.2 Å². The van der Waals surface area contributed by atoms with Crippen molar-refractivity contribution in [3.05, 3.63) is 69.5 Å². The highest BCUT2D eigenvalue weighted by Crippen LogP contribution is 2.39. The van der Waals surface area contributed by atoms with Crippen LogP contribution in [0.3, 0.4) is 0 Å². The molecular formula is C25H24N6O3S. The van der Waals surface area contributed by atoms with Crippen LogP contribution in [0.25, 0.3) is 39.0 Å². The summed E-state index contributed by atoms with van der Waals surface area (Å²) in [5.41, 5.74) is 10.9. The molecule has 3 aromatic heterocycles. The van der Waals surface area contributed by atoms with Crippen LogP contribution in [0.4, 0.5) is 5.82 Å². The number of hydrogen-bond acceptors (Lipinski definition) is 7. The summed E-state index contributed by atoms with van der Waals surface area (Å²) in [6.45, 7) is 4.39. The van der Waals surface area contributed by atoms with Crippen LogP contribution in [0.15, 0.2) is 51.7 Å². The fourth-order valence-corrected chi connectivity index (χ4v) is 4.35. The molecule has 0 saturated heterocycles. The van der Waals surface area contributed by atoms with E-state index in [-0.39, 0.29) is 17.2 Å². The predicted molar refractivity (Wildman–Crippen MR) is 139 cm³/mol. The molecule has 0 aliphatic heterocycles. The molecule has 0 atom stereocenters. The molecule has 5 aromatic rings. The number of aromatic nitrogens is 4. The highest BCUT2D eigenvalue weighted by atomic mass is 32.1. The summed E-state index contributed by atoms with van der Waals surface area (Å²) < 4.78 is 7.92. The fourth-order valence-electron chi connectivity index (χ4n) is 4.14. The van der Waals surface area contributed by atoms with E-state index >= 15 is 0 Å². The topological polar surface area (TPSA) is 132 Å². The monoisotopic (exact) mass is 488 g/mol. The summed E-state index contributed by atoms with van der Waals surface area (Å²) in [5, 5.41) is 15.2. The van der Waals surface area contributed by atoms with E-state index in [9.17, 15) is 9.59 Å². The van der Waals surface area contributed by atoms with Crippen molar-refractivity contribution in [2.24, 2.45) is 0 Å². The number of carbonyl (C=O) groups excluding carboxylic acids is 1. The minimum atomic E-state index is -0.442. The third kappa shape index (κ3) is 4.06. The average Bonchev–Trinajstić information content (AvgIpc) is 3.40. The molecule has 4 N–H and O–H groups in total. The second kappa shape index (κ2) is 8.95. The van der Waals surface area contributed by atoms with Gasteiger partial charge in [0.25, 0.3) is 5.56 Å². The molecule has 5 rings (SSSR count). The minimum absolute atomic E-state index is 0.0533. The van der Waals surface area contributed by atoms with Gasteiger partial charge in [-0.05, 0) is 49.4 Å². The molecule has 35 heavy (non-hydrogen) atoms. The first-order chi connectivity index (χ1) is 16.9. The molecule has 9 nitrogen and oxygen atoms in total. The molecule has 2 aromatic carbocycles. The van der Waals surface area contributed by atoms with Gasteiger partial charge in [0.05, 0.1) is 11.1 Å². The van der Waals surface area contributed by atoms with Gasteiger partial charge in [-0.15, -0.1) is 0 Å². The van der Waals surface area contributed by atoms with Gasteiger partial charge in [0.1, 0.15) is 11.3 Å². The van der Waals surface area contributed by atoms with Crippen LogP contribution >= 0.6 is 12.6 Å². The van der Waals surface area contributed by atoms with Gasteiger partial charge in [0.15, 0.2) is 17.1 Å². The number of carbonyl (C=O) groups is 1. The number of aryl methyl sites for hydroxylation is 2. The summed E-state index contributed by atoms with van der Waals surface area (Å²) in [6.07, 6.45) is 0.366. The largest absolute Gasteiger partial charge is 0.454 e. The molecule has 0 aliphatic rings. The molecule has 0 spiro atoms. The molecule has 0 fully saturated rings. The van der Waals surface area contributed by atoms with Gasteiger partial charge < -0.3 is 15.5 Å². The number of amides is 1. The summed E-state index contributed by atoms with van der Waals surface area (Å²) in [5.74, 6) is 1.16. The average molecular weight is 489 g/mol. The number of hydrogen-bond donors (Lipinski definition) is 4. The highest BCUT2D eigenvalue weighted by Gasteiger charge is 2.25. The van der Waals surface area contributed by atoms with E-state index < -0.39 is 5.56 Å². The van der Waals surface area contributed by atoms with Crippen LogP contribution < -0.4 is 16.6 Å². The van der Waals surface area contributed by atoms with Crippen LogP contribution in [0.2, 0.25) is 0 Å². The van der Waals surface area contributed by atoms with Gasteiger partial charge >= 0.3 is 0 Å². The second-order valence-corrected chi connectivity index (χ2v) is 8.84. The van der Waals surface area contributed by atoms with Crippen molar-refractivity contribution in [2.45, 2.75) is 26.8 Å². The van der Waals surface area contributed by atoms with Crippen LogP contribution in [0.5, 0.6) is 0 Å². The zero-order valence-corrected chi connectivity index (χ0v) is 20.1. The van der Waals surface area contributed by atoms with E-state index in [0.717, 1.165) is 27.7 Å². The van der Waals surface area contributed by atoms with Crippen molar-refractivity contribution in [3.8, 4) is 17.1 Å². The standard InChI is InChI=1S/C25H24N6O3S/c1-13-3-8-18-17(11-13)14(2)23(34-18)22-20-21(25(33)29-28-24(20)26)30-31(22)16-6-4-15(5-7-16)12-27-19(32)9-10-35/h3-8,11,35H,9-10,12H2,1-2H3,(H2,26,28)(H,27,32)(H,29,33). The first kappa shape index (κ1) is 22.7. The number of thiol groups is 1. The lowest BCUT2D eigenvalue weighted by atomic mass is 10.1. The first-order valence-electron chi connectivity index (χ1n) is 11.1. The number of benzene rings is 2. The molecular weight excluding hydrogens is 464 g/mol. The summed E-state index contributed by atoms with van der Waals surface area (Å²) in [4.78, 5) is 24.4. The molecule has 178 valence electrons. The Kier molecular flexibility index (Phi) is 5.81. The van der Waals surface area contributed by atoms with Crippen molar-refractivity contribution in [3.63, 3.8) is 0 Å². The Balaban J connectivity index is 1.66. The summed E-state index contributed by atoms with van der Waals surface area (Å²) in [7, 11) is 0. The number of nitrogens with one attached hydrogen (secondary N) is 2. The van der Waals surface area contributed by atoms with Crippen molar-refractivity contribution in [1.29, 1.82) is 0 Å². The lowest BCUT2D eigenvalue weighted by Gasteiger charge is -2.09. The highest BCUT2D eigenvalue weighted by molar-refractivity contribution is 7.80. The Morgan fingerprint density at radius 2 is 1.97 bits per heavy atom. The molecule has 10 heteroatoms. The lowest BCUT2D eigenvalue weighted by molar-refractivity contribution is -0.120. The van der Waals surface area contributed by atoms with Crippen LogP contribution in [0.1, 0.15) is 23.1 Å². The number of rotatable bonds is 6. The molecule has 0 bridgehead atoms. The number of nitrogens with two attached hydrogens (primary N) is 1. The lowest BCUT2D eigenvalue weighted by Crippen LogP contribution is -2.22. The Bertz CT molecular complexity index is 1630. The molecule has 0 saturated carbocycles. The quantitative estimate of drug-likeness (QED) is 0.270. The van der Waals surface area contributed by atoms with Crippen LogP contribution in [0, 0.1) is 13.8 Å². The van der Waals surface area contributed by atoms with Gasteiger partial charge in [0, 0.05) is 23.9 Å². The zero-order valence-electron chi connectivity index (χ0n) is 19.3. The van der Waals surface area contributed by atoms with E-state index in [1.54, 1.807) is 4.68 Å². The summed E-state index contributed by atoms with van der Waals surface area (Å²) in [6, 6.07) is 13.5. The van der Waals surface area contributed by atoms with Crippen molar-refractivity contribution < 1.29 is 9.21 Å². The number of nitrogen functional groups attached to an aromatic ring is 1. The smallest absolute Gasteiger partial charge is 0.292 e. The number of nitrogens with zero attached hydrogens (tertiary/aromatic N) is 3. The Hall–Kier alpha value is -4.05. The SMILES string of the molecule is Cc1ccc2oc(-c3c4c(N)n[nH]c(=O)c4nn3-c3ccc(CNC(=O)CCS)cc3)c(C)c2c1. The summed E-state index contributed by atoms with van der Waals surface area (Å²) >= 11 is 4.08. The number of fused-ring (bicyclic) bond motifs is 2. The zero-order chi connectivity index (χ0) is 24.7. The maximum Gasteiger partial charge on any atom is 0.292 e. The van der Waals surface area contributed by atoms with Crippen molar-refractivity contribution in [2.75, 3.05) is 11.5 Å². The maximum absolute atomic E-state index is 12.6. The molecule has 1 amide bonds. The predicted octanol–water partition coefficient (Wildman–Crippen LogP) is 3.66. The van der Waals surface area contributed by atoms with Gasteiger partial charge in [0.2, 0.25) is 5.91 Å². The van der Waals surface area contributed by atoms with Gasteiger partial charge in [-0.1, -0.05) is 23.8 Å². The Morgan fingerprint density at radius 1 is 1.20 bits per heavy atom. The normalized spacial score (nSPS) is 11.4. The number of H-pyrrole nitrogens is 1. The van der Waals surface area contributed by atoms with E-state index in [4.69, 9.17) is 10.2 Å². The molecule has 0 radical (unpaired) electrons. The second-order valence-electron chi connectivity index (χ2n) is 8.39. The third-order valence-corrected chi connectivity index (χ3v) is 6.17. The fraction of sp³-hybridized carbons (Fsp3) is 0.200. The van der Waals surface area contributed by atoms with Crippen LogP contribution in [-0.2, 0) is 11.3 Å². The van der Waals surface area contributed by atoms with Gasteiger partial charge in [-0.3, -0.25) is 9.59 Å². The Labute approximate surface area is 205 Å². The van der Waals surface area contributed by atoms with E-state index in [0.29, 0.717) is 41.2 Å². The van der Waals surface area contributed by atoms with Gasteiger partial charge in [-0.2, -0.15) is 22.8 Å². The maximum atomic E-state index is 12.6. The molecule has 0 aliphatic carbocycles. The van der Waals surface area contributed by atoms with E-state index in [1.165, 1.54) is 0 Å². The third-order valence-electron chi connectivity index (χ3n) is 5.95. The molecule has 0 unspecified atom stereocenters. The van der Waals surface area contributed by atoms with Crippen LogP contribution in [-0.4, -0.2) is 31.6 Å². The number of furan rings is 1. The van der Waals surface area contributed by atoms with Gasteiger partial charge in [-0.25, -0.2) is 9.78 Å². The van der Waals surface area contributed by atoms with Crippen molar-refractivity contribution >= 4 is 46.2 Å². The number of anilines is 1. The number of aromatic amines is 1. The minimum Gasteiger partial charge on any atom is -0.454 e.